The molecule has 0 aliphatic rings. The van der Waals surface area contributed by atoms with Crippen LogP contribution in [0.5, 0.6) is 0 Å². The van der Waals surface area contributed by atoms with E-state index in [-0.39, 0.29) is 0 Å². The first kappa shape index (κ1) is 9.57. The highest BCUT2D eigenvalue weighted by Crippen LogP contribution is 2.22. The van der Waals surface area contributed by atoms with Gasteiger partial charge in [0.25, 0.3) is 0 Å². The molecule has 72 valence electrons. The number of rotatable bonds is 1. The van der Waals surface area contributed by atoms with Gasteiger partial charge in [-0.1, -0.05) is 0 Å². The molecule has 2 aromatic heterocycles. The molecule has 0 radical (unpaired) electrons. The van der Waals surface area contributed by atoms with Crippen molar-refractivity contribution in [2.75, 3.05) is 6.26 Å². The molecule has 0 atom stereocenters. The van der Waals surface area contributed by atoms with Gasteiger partial charge < -0.3 is 0 Å². The van der Waals surface area contributed by atoms with Crippen molar-refractivity contribution in [3.63, 3.8) is 0 Å². The fourth-order valence-corrected chi connectivity index (χ4v) is 1.87. The van der Waals surface area contributed by atoms with Gasteiger partial charge in [-0.15, -0.1) is 11.8 Å². The van der Waals surface area contributed by atoms with Crippen LogP contribution in [0.2, 0.25) is 0 Å². The second-order valence-corrected chi connectivity index (χ2v) is 3.65. The molecule has 0 aromatic carbocycles. The lowest BCUT2D eigenvalue weighted by Gasteiger charge is -1.92. The van der Waals surface area contributed by atoms with Gasteiger partial charge in [0.15, 0.2) is 0 Å². The Labute approximate surface area is 90.7 Å². The van der Waals surface area contributed by atoms with Gasteiger partial charge in [0, 0.05) is 6.20 Å². The van der Waals surface area contributed by atoms with Crippen LogP contribution in [0, 0.1) is 22.7 Å². The maximum absolute atomic E-state index is 8.98. The molecule has 0 saturated carbocycles. The number of aromatic nitrogens is 2. The molecular formula is C10H6N4S. The molecule has 2 heterocycles. The van der Waals surface area contributed by atoms with Crippen molar-refractivity contribution in [1.82, 2.24) is 9.61 Å². The molecule has 2 rings (SSSR count). The standard InChI is InChI=1S/C10H6N4S/c1-15-10-8(5-12)9-3-2-7(4-11)6-14(9)13-10/h2-3,6H,1H3. The number of pyridine rings is 1. The van der Waals surface area contributed by atoms with Crippen molar-refractivity contribution in [3.8, 4) is 12.1 Å². The number of fused-ring (bicyclic) bond motifs is 1. The first-order valence-electron chi connectivity index (χ1n) is 4.16. The predicted octanol–water partition coefficient (Wildman–Crippen LogP) is 1.80. The predicted molar refractivity (Wildman–Crippen MR) is 56.4 cm³/mol. The summed E-state index contributed by atoms with van der Waals surface area (Å²) in [5.74, 6) is 0. The quantitative estimate of drug-likeness (QED) is 0.679. The summed E-state index contributed by atoms with van der Waals surface area (Å²) in [6, 6.07) is 7.58. The minimum atomic E-state index is 0.530. The summed E-state index contributed by atoms with van der Waals surface area (Å²) in [7, 11) is 0. The molecule has 0 amide bonds. The van der Waals surface area contributed by atoms with Gasteiger partial charge in [-0.05, 0) is 18.4 Å². The highest BCUT2D eigenvalue weighted by molar-refractivity contribution is 7.98. The highest BCUT2D eigenvalue weighted by Gasteiger charge is 2.11. The fourth-order valence-electron chi connectivity index (χ4n) is 1.34. The molecule has 5 heteroatoms. The van der Waals surface area contributed by atoms with E-state index in [4.69, 9.17) is 10.5 Å². The van der Waals surface area contributed by atoms with E-state index in [1.165, 1.54) is 11.8 Å². The smallest absolute Gasteiger partial charge is 0.137 e. The molecule has 0 N–H and O–H groups in total. The van der Waals surface area contributed by atoms with Crippen LogP contribution in [0.1, 0.15) is 11.1 Å². The minimum Gasteiger partial charge on any atom is -0.237 e. The summed E-state index contributed by atoms with van der Waals surface area (Å²) in [6.07, 6.45) is 3.49. The molecule has 4 nitrogen and oxygen atoms in total. The van der Waals surface area contributed by atoms with Crippen LogP contribution in [0.15, 0.2) is 23.4 Å². The normalized spacial score (nSPS) is 9.80. The van der Waals surface area contributed by atoms with Crippen molar-refractivity contribution in [2.24, 2.45) is 0 Å². The summed E-state index contributed by atoms with van der Waals surface area (Å²) in [4.78, 5) is 0. The first-order valence-corrected chi connectivity index (χ1v) is 5.39. The monoisotopic (exact) mass is 214 g/mol. The van der Waals surface area contributed by atoms with Gasteiger partial charge in [-0.25, -0.2) is 4.52 Å². The van der Waals surface area contributed by atoms with Crippen LogP contribution in [0.4, 0.5) is 0 Å². The Kier molecular flexibility index (Phi) is 2.32. The van der Waals surface area contributed by atoms with Crippen molar-refractivity contribution in [3.05, 3.63) is 29.5 Å². The number of hydrogen-bond donors (Lipinski definition) is 0. The van der Waals surface area contributed by atoms with E-state index in [1.807, 2.05) is 12.3 Å². The van der Waals surface area contributed by atoms with Crippen LogP contribution in [0.25, 0.3) is 5.52 Å². The maximum atomic E-state index is 8.98. The average molecular weight is 214 g/mol. The molecule has 2 aromatic rings. The largest absolute Gasteiger partial charge is 0.237 e. The summed E-state index contributed by atoms with van der Waals surface area (Å²) in [5, 5.41) is 22.6. The van der Waals surface area contributed by atoms with Gasteiger partial charge in [-0.3, -0.25) is 0 Å². The Bertz CT molecular complexity index is 600. The van der Waals surface area contributed by atoms with Crippen LogP contribution in [-0.4, -0.2) is 15.9 Å². The van der Waals surface area contributed by atoms with Crippen molar-refractivity contribution < 1.29 is 0 Å². The third-order valence-electron chi connectivity index (χ3n) is 2.03. The van der Waals surface area contributed by atoms with E-state index >= 15 is 0 Å². The molecule has 0 spiro atoms. The van der Waals surface area contributed by atoms with Crippen molar-refractivity contribution in [1.29, 1.82) is 10.5 Å². The topological polar surface area (TPSA) is 64.9 Å². The number of nitriles is 2. The van der Waals surface area contributed by atoms with Crippen molar-refractivity contribution in [2.45, 2.75) is 5.03 Å². The third kappa shape index (κ3) is 1.43. The van der Waals surface area contributed by atoms with Crippen LogP contribution >= 0.6 is 11.8 Å². The van der Waals surface area contributed by atoms with Gasteiger partial charge >= 0.3 is 0 Å². The molecule has 0 bridgehead atoms. The Morgan fingerprint density at radius 2 is 2.13 bits per heavy atom. The zero-order valence-electron chi connectivity index (χ0n) is 7.93. The van der Waals surface area contributed by atoms with E-state index in [0.29, 0.717) is 16.2 Å². The summed E-state index contributed by atoms with van der Waals surface area (Å²) < 4.78 is 1.57. The van der Waals surface area contributed by atoms with Crippen LogP contribution in [-0.2, 0) is 0 Å². The Morgan fingerprint density at radius 1 is 1.33 bits per heavy atom. The Balaban J connectivity index is 2.79. The molecular weight excluding hydrogens is 208 g/mol. The fraction of sp³-hybridized carbons (Fsp3) is 0.100. The number of thioether (sulfide) groups is 1. The first-order chi connectivity index (χ1) is 7.30. The van der Waals surface area contributed by atoms with E-state index in [0.717, 1.165) is 5.52 Å². The van der Waals surface area contributed by atoms with E-state index in [9.17, 15) is 0 Å². The lowest BCUT2D eigenvalue weighted by molar-refractivity contribution is 0.898. The second-order valence-electron chi connectivity index (χ2n) is 2.86. The summed E-state index contributed by atoms with van der Waals surface area (Å²) in [5.41, 5.74) is 1.83. The Hall–Kier alpha value is -1.98. The lowest BCUT2D eigenvalue weighted by atomic mass is 10.2. The van der Waals surface area contributed by atoms with E-state index < -0.39 is 0 Å². The van der Waals surface area contributed by atoms with Gasteiger partial charge in [0.1, 0.15) is 22.7 Å². The zero-order valence-corrected chi connectivity index (χ0v) is 8.75. The maximum Gasteiger partial charge on any atom is 0.137 e. The molecule has 15 heavy (non-hydrogen) atoms. The third-order valence-corrected chi connectivity index (χ3v) is 2.70. The van der Waals surface area contributed by atoms with Crippen LogP contribution in [0.3, 0.4) is 0 Å². The van der Waals surface area contributed by atoms with Gasteiger partial charge in [0.2, 0.25) is 0 Å². The van der Waals surface area contributed by atoms with Crippen LogP contribution < -0.4 is 0 Å². The lowest BCUT2D eigenvalue weighted by Crippen LogP contribution is -1.87. The Morgan fingerprint density at radius 3 is 2.73 bits per heavy atom. The van der Waals surface area contributed by atoms with Gasteiger partial charge in [-0.2, -0.15) is 15.6 Å². The van der Waals surface area contributed by atoms with Crippen molar-refractivity contribution >= 4 is 17.3 Å². The molecule has 0 fully saturated rings. The summed E-state index contributed by atoms with van der Waals surface area (Å²) in [6.45, 7) is 0. The molecule has 0 saturated heterocycles. The molecule has 0 aliphatic carbocycles. The van der Waals surface area contributed by atoms with E-state index in [2.05, 4.69) is 11.2 Å². The molecule has 0 aliphatic heterocycles. The number of nitrogens with zero attached hydrogens (tertiary/aromatic N) is 4. The molecule has 0 unspecified atom stereocenters. The summed E-state index contributed by atoms with van der Waals surface area (Å²) >= 11 is 1.42. The number of hydrogen-bond acceptors (Lipinski definition) is 4. The minimum absolute atomic E-state index is 0.530. The van der Waals surface area contributed by atoms with E-state index in [1.54, 1.807) is 22.8 Å². The SMILES string of the molecule is CSc1nn2cc(C#N)ccc2c1C#N. The second kappa shape index (κ2) is 3.64. The van der Waals surface area contributed by atoms with Gasteiger partial charge in [0.05, 0.1) is 11.1 Å². The average Bonchev–Trinajstić information content (AvgIpc) is 2.65. The highest BCUT2D eigenvalue weighted by atomic mass is 32.2. The zero-order chi connectivity index (χ0) is 10.8.